The lowest BCUT2D eigenvalue weighted by molar-refractivity contribution is -0.117. The Morgan fingerprint density at radius 3 is 3.00 bits per heavy atom. The van der Waals surface area contributed by atoms with Crippen LogP contribution in [0.1, 0.15) is 12.0 Å². The number of carbonyl (C=O) groups excluding carboxylic acids is 1. The van der Waals surface area contributed by atoms with Gasteiger partial charge in [-0.25, -0.2) is 0 Å². The molecule has 1 aliphatic heterocycles. The second kappa shape index (κ2) is 4.21. The molecule has 2 rings (SSSR count). The van der Waals surface area contributed by atoms with E-state index >= 15 is 0 Å². The van der Waals surface area contributed by atoms with Gasteiger partial charge in [0.25, 0.3) is 0 Å². The van der Waals surface area contributed by atoms with Crippen LogP contribution in [0, 0.1) is 5.92 Å². The molecule has 80 valence electrons. The average molecular weight is 226 g/mol. The van der Waals surface area contributed by atoms with E-state index in [9.17, 15) is 4.79 Å². The number of nitrogens with one attached hydrogen (secondary N) is 1. The quantitative estimate of drug-likeness (QED) is 0.766. The van der Waals surface area contributed by atoms with Crippen molar-refractivity contribution in [1.82, 2.24) is 0 Å². The Morgan fingerprint density at radius 1 is 1.47 bits per heavy atom. The van der Waals surface area contributed by atoms with E-state index in [1.165, 1.54) is 0 Å². The number of aliphatic hydroxyl groups excluding tert-OH is 1. The first-order valence-corrected chi connectivity index (χ1v) is 5.26. The molecule has 0 aromatic heterocycles. The summed E-state index contributed by atoms with van der Waals surface area (Å²) in [5, 5.41) is 12.6. The lowest BCUT2D eigenvalue weighted by Gasteiger charge is -2.09. The number of benzene rings is 1. The number of aliphatic hydroxyl groups is 1. The van der Waals surface area contributed by atoms with Crippen LogP contribution in [0.15, 0.2) is 18.2 Å². The fourth-order valence-corrected chi connectivity index (χ4v) is 2.02. The topological polar surface area (TPSA) is 49.3 Å². The number of fused-ring (bicyclic) bond motifs is 1. The molecule has 0 spiro atoms. The first kappa shape index (κ1) is 10.5. The summed E-state index contributed by atoms with van der Waals surface area (Å²) in [5.41, 5.74) is 1.80. The Morgan fingerprint density at radius 2 is 2.27 bits per heavy atom. The van der Waals surface area contributed by atoms with Gasteiger partial charge in [0.15, 0.2) is 0 Å². The van der Waals surface area contributed by atoms with Gasteiger partial charge >= 0.3 is 0 Å². The molecule has 15 heavy (non-hydrogen) atoms. The van der Waals surface area contributed by atoms with Crippen LogP contribution >= 0.6 is 11.6 Å². The Kier molecular flexibility index (Phi) is 2.93. The van der Waals surface area contributed by atoms with Crippen LogP contribution < -0.4 is 5.32 Å². The SMILES string of the molecule is O=C1CC(CO)Cc2cc(Cl)ccc2N1. The zero-order valence-corrected chi connectivity index (χ0v) is 8.92. The van der Waals surface area contributed by atoms with Gasteiger partial charge < -0.3 is 10.4 Å². The van der Waals surface area contributed by atoms with E-state index in [4.69, 9.17) is 16.7 Å². The van der Waals surface area contributed by atoms with Crippen LogP contribution in [0.5, 0.6) is 0 Å². The lowest BCUT2D eigenvalue weighted by Crippen LogP contribution is -2.15. The molecule has 1 amide bonds. The van der Waals surface area contributed by atoms with Crippen molar-refractivity contribution in [2.24, 2.45) is 5.92 Å². The highest BCUT2D eigenvalue weighted by Crippen LogP contribution is 2.27. The Bertz CT molecular complexity index is 392. The number of hydrogen-bond acceptors (Lipinski definition) is 2. The van der Waals surface area contributed by atoms with Crippen LogP contribution in [0.2, 0.25) is 5.02 Å². The van der Waals surface area contributed by atoms with Crippen molar-refractivity contribution in [2.45, 2.75) is 12.8 Å². The molecule has 0 bridgehead atoms. The minimum Gasteiger partial charge on any atom is -0.396 e. The van der Waals surface area contributed by atoms with E-state index in [-0.39, 0.29) is 18.4 Å². The Hall–Kier alpha value is -1.06. The summed E-state index contributed by atoms with van der Waals surface area (Å²) in [7, 11) is 0. The van der Waals surface area contributed by atoms with Gasteiger partial charge in [-0.05, 0) is 36.1 Å². The van der Waals surface area contributed by atoms with Gasteiger partial charge in [-0.1, -0.05) is 11.6 Å². The second-order valence-electron chi connectivity index (χ2n) is 3.81. The monoisotopic (exact) mass is 225 g/mol. The molecule has 1 aliphatic rings. The Labute approximate surface area is 93.1 Å². The third-order valence-corrected chi connectivity index (χ3v) is 2.82. The molecule has 1 aromatic carbocycles. The van der Waals surface area contributed by atoms with Gasteiger partial charge in [0.1, 0.15) is 0 Å². The molecule has 0 aliphatic carbocycles. The third-order valence-electron chi connectivity index (χ3n) is 2.58. The number of carbonyl (C=O) groups is 1. The molecule has 0 fully saturated rings. The van der Waals surface area contributed by atoms with E-state index in [1.54, 1.807) is 12.1 Å². The molecule has 1 heterocycles. The van der Waals surface area contributed by atoms with Crippen LogP contribution in [0.4, 0.5) is 5.69 Å². The molecule has 2 N–H and O–H groups in total. The van der Waals surface area contributed by atoms with Crippen LogP contribution in [0.25, 0.3) is 0 Å². The molecule has 1 aromatic rings. The van der Waals surface area contributed by atoms with Crippen LogP contribution in [-0.2, 0) is 11.2 Å². The molecule has 0 saturated carbocycles. The number of anilines is 1. The molecule has 0 saturated heterocycles. The van der Waals surface area contributed by atoms with Gasteiger partial charge in [-0.2, -0.15) is 0 Å². The largest absolute Gasteiger partial charge is 0.396 e. The molecule has 1 unspecified atom stereocenters. The van der Waals surface area contributed by atoms with Crippen molar-refractivity contribution in [2.75, 3.05) is 11.9 Å². The highest BCUT2D eigenvalue weighted by atomic mass is 35.5. The summed E-state index contributed by atoms with van der Waals surface area (Å²) >= 11 is 5.88. The smallest absolute Gasteiger partial charge is 0.224 e. The fourth-order valence-electron chi connectivity index (χ4n) is 1.83. The standard InChI is InChI=1S/C11H12ClNO2/c12-9-1-2-10-8(5-9)3-7(6-14)4-11(15)13-10/h1-2,5,7,14H,3-4,6H2,(H,13,15). The summed E-state index contributed by atoms with van der Waals surface area (Å²) in [6, 6.07) is 5.39. The van der Waals surface area contributed by atoms with Crippen LogP contribution in [-0.4, -0.2) is 17.6 Å². The van der Waals surface area contributed by atoms with Crippen LogP contribution in [0.3, 0.4) is 0 Å². The van der Waals surface area contributed by atoms with Gasteiger partial charge in [0.2, 0.25) is 5.91 Å². The zero-order valence-electron chi connectivity index (χ0n) is 8.16. The van der Waals surface area contributed by atoms with Gasteiger partial charge in [-0.3, -0.25) is 4.79 Å². The predicted molar refractivity (Wildman–Crippen MR) is 59.0 cm³/mol. The van der Waals surface area contributed by atoms with E-state index < -0.39 is 0 Å². The average Bonchev–Trinajstić information content (AvgIpc) is 2.35. The predicted octanol–water partition coefficient (Wildman–Crippen LogP) is 1.83. The third kappa shape index (κ3) is 2.30. The maximum atomic E-state index is 11.4. The molecule has 0 radical (unpaired) electrons. The van der Waals surface area contributed by atoms with E-state index in [0.29, 0.717) is 17.9 Å². The lowest BCUT2D eigenvalue weighted by atomic mass is 9.98. The van der Waals surface area contributed by atoms with Crippen molar-refractivity contribution in [3.8, 4) is 0 Å². The van der Waals surface area contributed by atoms with Gasteiger partial charge in [0, 0.05) is 23.7 Å². The minimum atomic E-state index is -0.0462. The van der Waals surface area contributed by atoms with Crippen molar-refractivity contribution >= 4 is 23.2 Å². The fraction of sp³-hybridized carbons (Fsp3) is 0.364. The van der Waals surface area contributed by atoms with Gasteiger partial charge in [-0.15, -0.1) is 0 Å². The summed E-state index contributed by atoms with van der Waals surface area (Å²) in [5.74, 6) is -0.0557. The van der Waals surface area contributed by atoms with E-state index in [0.717, 1.165) is 11.3 Å². The number of rotatable bonds is 1. The summed E-state index contributed by atoms with van der Waals surface area (Å²) in [4.78, 5) is 11.4. The first-order valence-electron chi connectivity index (χ1n) is 4.88. The maximum absolute atomic E-state index is 11.4. The molecular formula is C11H12ClNO2. The summed E-state index contributed by atoms with van der Waals surface area (Å²) in [6.07, 6.45) is 1.05. The van der Waals surface area contributed by atoms with Crippen molar-refractivity contribution < 1.29 is 9.90 Å². The Balaban J connectivity index is 2.36. The molecular weight excluding hydrogens is 214 g/mol. The molecule has 3 nitrogen and oxygen atoms in total. The zero-order chi connectivity index (χ0) is 10.8. The molecule has 1 atom stereocenters. The highest BCUT2D eigenvalue weighted by Gasteiger charge is 2.20. The highest BCUT2D eigenvalue weighted by molar-refractivity contribution is 6.30. The number of halogens is 1. The van der Waals surface area contributed by atoms with E-state index in [1.807, 2.05) is 6.07 Å². The number of amides is 1. The molecule has 4 heteroatoms. The number of hydrogen-bond donors (Lipinski definition) is 2. The second-order valence-corrected chi connectivity index (χ2v) is 4.24. The van der Waals surface area contributed by atoms with Crippen molar-refractivity contribution in [3.05, 3.63) is 28.8 Å². The normalized spacial score (nSPS) is 20.4. The van der Waals surface area contributed by atoms with Crippen molar-refractivity contribution in [1.29, 1.82) is 0 Å². The first-order chi connectivity index (χ1) is 7.19. The van der Waals surface area contributed by atoms with Gasteiger partial charge in [0.05, 0.1) is 0 Å². The summed E-state index contributed by atoms with van der Waals surface area (Å²) < 4.78 is 0. The minimum absolute atomic E-state index is 0.00952. The van der Waals surface area contributed by atoms with E-state index in [2.05, 4.69) is 5.32 Å². The maximum Gasteiger partial charge on any atom is 0.224 e. The summed E-state index contributed by atoms with van der Waals surface area (Å²) in [6.45, 7) is 0.0272. The van der Waals surface area contributed by atoms with Crippen molar-refractivity contribution in [3.63, 3.8) is 0 Å².